The molecule has 100 valence electrons. The van der Waals surface area contributed by atoms with Gasteiger partial charge in [0, 0.05) is 6.54 Å². The van der Waals surface area contributed by atoms with Crippen molar-refractivity contribution in [3.63, 3.8) is 0 Å². The fraction of sp³-hybridized carbons (Fsp3) is 0.200. The Labute approximate surface area is 120 Å². The summed E-state index contributed by atoms with van der Waals surface area (Å²) in [6.07, 6.45) is 0.874. The van der Waals surface area contributed by atoms with E-state index >= 15 is 0 Å². The minimum Gasteiger partial charge on any atom is -0.508 e. The van der Waals surface area contributed by atoms with Gasteiger partial charge >= 0.3 is 0 Å². The standard InChI is InChI=1S/C15H15BrFNO/c16-14-6-3-12(9-15(14)17)10-18-8-7-11-1-4-13(19)5-2-11/h1-6,9,18-19H,7-8,10H2. The molecule has 0 bridgehead atoms. The molecule has 0 saturated carbocycles. The third kappa shape index (κ3) is 4.33. The van der Waals surface area contributed by atoms with Crippen LogP contribution in [0.3, 0.4) is 0 Å². The lowest BCUT2D eigenvalue weighted by molar-refractivity contribution is 0.475. The van der Waals surface area contributed by atoms with Gasteiger partial charge in [-0.05, 0) is 64.3 Å². The third-order valence-electron chi connectivity index (χ3n) is 2.84. The smallest absolute Gasteiger partial charge is 0.137 e. The Balaban J connectivity index is 1.77. The first kappa shape index (κ1) is 14.0. The molecule has 0 unspecified atom stereocenters. The first-order chi connectivity index (χ1) is 9.15. The molecule has 19 heavy (non-hydrogen) atoms. The Bertz CT molecular complexity index is 542. The van der Waals surface area contributed by atoms with Crippen molar-refractivity contribution in [2.24, 2.45) is 0 Å². The van der Waals surface area contributed by atoms with E-state index in [4.69, 9.17) is 0 Å². The van der Waals surface area contributed by atoms with Crippen LogP contribution in [-0.2, 0) is 13.0 Å². The van der Waals surface area contributed by atoms with E-state index in [-0.39, 0.29) is 11.6 Å². The predicted molar refractivity (Wildman–Crippen MR) is 77.6 cm³/mol. The van der Waals surface area contributed by atoms with E-state index in [1.54, 1.807) is 18.2 Å². The molecule has 0 amide bonds. The highest BCUT2D eigenvalue weighted by Gasteiger charge is 2.00. The second-order valence-corrected chi connectivity index (χ2v) is 5.20. The summed E-state index contributed by atoms with van der Waals surface area (Å²) in [7, 11) is 0. The van der Waals surface area contributed by atoms with Crippen molar-refractivity contribution < 1.29 is 9.50 Å². The second-order valence-electron chi connectivity index (χ2n) is 4.34. The predicted octanol–water partition coefficient (Wildman–Crippen LogP) is 3.63. The molecule has 2 nitrogen and oxygen atoms in total. The van der Waals surface area contributed by atoms with Crippen LogP contribution >= 0.6 is 15.9 Å². The van der Waals surface area contributed by atoms with Gasteiger partial charge in [0.15, 0.2) is 0 Å². The van der Waals surface area contributed by atoms with Crippen molar-refractivity contribution >= 4 is 15.9 Å². The van der Waals surface area contributed by atoms with Gasteiger partial charge in [-0.15, -0.1) is 0 Å². The van der Waals surface area contributed by atoms with Crippen LogP contribution < -0.4 is 5.32 Å². The summed E-state index contributed by atoms with van der Waals surface area (Å²) in [6, 6.07) is 12.3. The Morgan fingerprint density at radius 3 is 2.42 bits per heavy atom. The fourth-order valence-electron chi connectivity index (χ4n) is 1.78. The summed E-state index contributed by atoms with van der Waals surface area (Å²) in [5.74, 6) is 0.0416. The van der Waals surface area contributed by atoms with Crippen LogP contribution in [0.5, 0.6) is 5.75 Å². The normalized spacial score (nSPS) is 10.6. The number of nitrogens with one attached hydrogen (secondary N) is 1. The number of aromatic hydroxyl groups is 1. The molecule has 0 fully saturated rings. The van der Waals surface area contributed by atoms with E-state index in [0.29, 0.717) is 11.0 Å². The third-order valence-corrected chi connectivity index (χ3v) is 3.48. The van der Waals surface area contributed by atoms with Gasteiger partial charge in [0.25, 0.3) is 0 Å². The van der Waals surface area contributed by atoms with Gasteiger partial charge < -0.3 is 10.4 Å². The molecule has 0 heterocycles. The SMILES string of the molecule is Oc1ccc(CCNCc2ccc(Br)c(F)c2)cc1. The zero-order chi connectivity index (χ0) is 13.7. The monoisotopic (exact) mass is 323 g/mol. The summed E-state index contributed by atoms with van der Waals surface area (Å²) in [6.45, 7) is 1.45. The molecule has 2 aromatic rings. The minimum absolute atomic E-state index is 0.238. The molecule has 0 radical (unpaired) electrons. The van der Waals surface area contributed by atoms with Gasteiger partial charge in [0.05, 0.1) is 4.47 Å². The summed E-state index contributed by atoms with van der Waals surface area (Å²) in [5.41, 5.74) is 2.08. The summed E-state index contributed by atoms with van der Waals surface area (Å²) < 4.78 is 13.8. The molecule has 0 spiro atoms. The number of phenolic OH excluding ortho intramolecular Hbond substituents is 1. The zero-order valence-electron chi connectivity index (χ0n) is 10.4. The maximum atomic E-state index is 13.3. The number of hydrogen-bond donors (Lipinski definition) is 2. The lowest BCUT2D eigenvalue weighted by Crippen LogP contribution is -2.16. The van der Waals surface area contributed by atoms with Crippen LogP contribution in [0, 0.1) is 5.82 Å². The Hall–Kier alpha value is -1.39. The topological polar surface area (TPSA) is 32.3 Å². The van der Waals surface area contributed by atoms with Gasteiger partial charge in [-0.3, -0.25) is 0 Å². The minimum atomic E-state index is -0.238. The van der Waals surface area contributed by atoms with Crippen LogP contribution in [0.1, 0.15) is 11.1 Å². The molecule has 0 aromatic heterocycles. The molecule has 2 N–H and O–H groups in total. The number of benzene rings is 2. The molecule has 2 rings (SSSR count). The first-order valence-electron chi connectivity index (χ1n) is 6.08. The molecular weight excluding hydrogens is 309 g/mol. The van der Waals surface area contributed by atoms with Crippen LogP contribution in [-0.4, -0.2) is 11.7 Å². The number of hydrogen-bond acceptors (Lipinski definition) is 2. The highest BCUT2D eigenvalue weighted by atomic mass is 79.9. The van der Waals surface area contributed by atoms with Gasteiger partial charge in [-0.25, -0.2) is 4.39 Å². The lowest BCUT2D eigenvalue weighted by atomic mass is 10.1. The molecular formula is C15H15BrFNO. The van der Waals surface area contributed by atoms with E-state index in [9.17, 15) is 9.50 Å². The van der Waals surface area contributed by atoms with Gasteiger partial charge in [-0.1, -0.05) is 18.2 Å². The average Bonchev–Trinajstić information content (AvgIpc) is 2.41. The molecule has 0 saturated heterocycles. The number of halogens is 2. The fourth-order valence-corrected chi connectivity index (χ4v) is 2.02. The van der Waals surface area contributed by atoms with Crippen LogP contribution in [0.15, 0.2) is 46.9 Å². The molecule has 0 aliphatic heterocycles. The van der Waals surface area contributed by atoms with E-state index in [0.717, 1.165) is 24.1 Å². The summed E-state index contributed by atoms with van der Waals surface area (Å²) in [5, 5.41) is 12.4. The maximum absolute atomic E-state index is 13.3. The highest BCUT2D eigenvalue weighted by molar-refractivity contribution is 9.10. The second kappa shape index (κ2) is 6.68. The molecule has 2 aromatic carbocycles. The van der Waals surface area contributed by atoms with Gasteiger partial charge in [0.1, 0.15) is 11.6 Å². The zero-order valence-corrected chi connectivity index (χ0v) is 12.0. The van der Waals surface area contributed by atoms with Crippen molar-refractivity contribution in [1.29, 1.82) is 0 Å². The van der Waals surface area contributed by atoms with Crippen LogP contribution in [0.25, 0.3) is 0 Å². The Morgan fingerprint density at radius 2 is 1.74 bits per heavy atom. The number of rotatable bonds is 5. The van der Waals surface area contributed by atoms with Crippen molar-refractivity contribution in [2.45, 2.75) is 13.0 Å². The van der Waals surface area contributed by atoms with Crippen LogP contribution in [0.2, 0.25) is 0 Å². The lowest BCUT2D eigenvalue weighted by Gasteiger charge is -2.06. The molecule has 0 atom stereocenters. The van der Waals surface area contributed by atoms with E-state index in [2.05, 4.69) is 21.2 Å². The largest absolute Gasteiger partial charge is 0.508 e. The first-order valence-corrected chi connectivity index (χ1v) is 6.87. The maximum Gasteiger partial charge on any atom is 0.137 e. The number of phenols is 1. The van der Waals surface area contributed by atoms with Crippen molar-refractivity contribution in [3.8, 4) is 5.75 Å². The van der Waals surface area contributed by atoms with Crippen LogP contribution in [0.4, 0.5) is 4.39 Å². The summed E-state index contributed by atoms with van der Waals surface area (Å²) >= 11 is 3.13. The van der Waals surface area contributed by atoms with Crippen molar-refractivity contribution in [3.05, 3.63) is 63.9 Å². The molecule has 4 heteroatoms. The van der Waals surface area contributed by atoms with Crippen molar-refractivity contribution in [1.82, 2.24) is 5.32 Å². The Morgan fingerprint density at radius 1 is 1.05 bits per heavy atom. The Kier molecular flexibility index (Phi) is 4.93. The van der Waals surface area contributed by atoms with E-state index < -0.39 is 0 Å². The average molecular weight is 324 g/mol. The quantitative estimate of drug-likeness (QED) is 0.823. The van der Waals surface area contributed by atoms with Gasteiger partial charge in [-0.2, -0.15) is 0 Å². The summed E-state index contributed by atoms with van der Waals surface area (Å²) in [4.78, 5) is 0. The van der Waals surface area contributed by atoms with Crippen molar-refractivity contribution in [2.75, 3.05) is 6.54 Å². The van der Waals surface area contributed by atoms with Gasteiger partial charge in [0.2, 0.25) is 0 Å². The highest BCUT2D eigenvalue weighted by Crippen LogP contribution is 2.16. The van der Waals surface area contributed by atoms with E-state index in [1.165, 1.54) is 6.07 Å². The molecule has 0 aliphatic rings. The molecule has 0 aliphatic carbocycles. The van der Waals surface area contributed by atoms with E-state index in [1.807, 2.05) is 18.2 Å².